The molecule has 0 aliphatic carbocycles. The second-order valence-electron chi connectivity index (χ2n) is 7.54. The third-order valence-corrected chi connectivity index (χ3v) is 7.14. The number of ether oxygens (including phenoxy) is 1. The van der Waals surface area contributed by atoms with Gasteiger partial charge in [-0.2, -0.15) is 4.31 Å². The van der Waals surface area contributed by atoms with E-state index in [-0.39, 0.29) is 10.9 Å². The Labute approximate surface area is 185 Å². The molecule has 1 saturated heterocycles. The van der Waals surface area contributed by atoms with Gasteiger partial charge in [0.05, 0.1) is 17.1 Å². The fourth-order valence-electron chi connectivity index (χ4n) is 3.45. The summed E-state index contributed by atoms with van der Waals surface area (Å²) in [5.41, 5.74) is 2.16. The van der Waals surface area contributed by atoms with Crippen LogP contribution < -0.4 is 4.74 Å². The van der Waals surface area contributed by atoms with Crippen LogP contribution in [0.25, 0.3) is 11.3 Å². The first-order chi connectivity index (χ1) is 15.5. The van der Waals surface area contributed by atoms with Crippen LogP contribution in [-0.2, 0) is 16.6 Å². The highest BCUT2D eigenvalue weighted by Gasteiger charge is 2.38. The smallest absolute Gasteiger partial charge is 0.243 e. The summed E-state index contributed by atoms with van der Waals surface area (Å²) in [4.78, 5) is 4.51. The SMILES string of the molecule is Cc1nc(-c2ccc(S(=O)(=O)N3CC(n4cc(COc5ccccc5)nn4)C3)cc2)co1. The second kappa shape index (κ2) is 8.21. The number of aromatic nitrogens is 4. The molecule has 5 rings (SSSR count). The summed E-state index contributed by atoms with van der Waals surface area (Å²) in [7, 11) is -3.57. The average Bonchev–Trinajstić information content (AvgIpc) is 3.41. The lowest BCUT2D eigenvalue weighted by Crippen LogP contribution is -2.50. The molecule has 3 heterocycles. The van der Waals surface area contributed by atoms with Gasteiger partial charge in [-0.15, -0.1) is 5.10 Å². The number of hydrogen-bond donors (Lipinski definition) is 0. The lowest BCUT2D eigenvalue weighted by Gasteiger charge is -2.37. The first-order valence-corrected chi connectivity index (χ1v) is 11.5. The fourth-order valence-corrected chi connectivity index (χ4v) is 4.97. The van der Waals surface area contributed by atoms with Crippen molar-refractivity contribution in [2.24, 2.45) is 0 Å². The third kappa shape index (κ3) is 4.02. The van der Waals surface area contributed by atoms with E-state index in [0.29, 0.717) is 37.0 Å². The van der Waals surface area contributed by atoms with Gasteiger partial charge in [0.25, 0.3) is 0 Å². The van der Waals surface area contributed by atoms with Crippen LogP contribution in [0.2, 0.25) is 0 Å². The van der Waals surface area contributed by atoms with E-state index in [1.165, 1.54) is 4.31 Å². The lowest BCUT2D eigenvalue weighted by atomic mass is 10.2. The largest absolute Gasteiger partial charge is 0.487 e. The number of benzene rings is 2. The topological polar surface area (TPSA) is 103 Å². The van der Waals surface area contributed by atoms with Gasteiger partial charge in [0, 0.05) is 25.6 Å². The van der Waals surface area contributed by atoms with Gasteiger partial charge in [0.2, 0.25) is 10.0 Å². The maximum atomic E-state index is 12.9. The summed E-state index contributed by atoms with van der Waals surface area (Å²) in [5.74, 6) is 1.32. The molecule has 10 heteroatoms. The highest BCUT2D eigenvalue weighted by atomic mass is 32.2. The van der Waals surface area contributed by atoms with Gasteiger partial charge in [0.15, 0.2) is 5.89 Å². The van der Waals surface area contributed by atoms with Gasteiger partial charge in [-0.1, -0.05) is 35.5 Å². The van der Waals surface area contributed by atoms with Crippen LogP contribution in [0.1, 0.15) is 17.6 Å². The molecular formula is C22H21N5O4S. The number of rotatable bonds is 7. The minimum atomic E-state index is -3.57. The molecule has 0 unspecified atom stereocenters. The number of aryl methyl sites for hydroxylation is 1. The molecule has 0 radical (unpaired) electrons. The van der Waals surface area contributed by atoms with E-state index in [1.54, 1.807) is 48.3 Å². The number of hydrogen-bond acceptors (Lipinski definition) is 7. The van der Waals surface area contributed by atoms with Crippen LogP contribution in [0.3, 0.4) is 0 Å². The van der Waals surface area contributed by atoms with Gasteiger partial charge in [-0.25, -0.2) is 18.1 Å². The van der Waals surface area contributed by atoms with E-state index < -0.39 is 10.0 Å². The molecule has 0 N–H and O–H groups in total. The predicted octanol–water partition coefficient (Wildman–Crippen LogP) is 3.07. The standard InChI is InChI=1S/C22H21N5O4S/c1-16-23-22(15-30-16)17-7-9-21(10-8-17)32(28,29)26-12-19(13-26)27-11-18(24-25-27)14-31-20-5-3-2-4-6-20/h2-11,15,19H,12-14H2,1H3. The monoisotopic (exact) mass is 451 g/mol. The molecule has 164 valence electrons. The van der Waals surface area contributed by atoms with Crippen molar-refractivity contribution in [1.82, 2.24) is 24.3 Å². The molecule has 4 aromatic rings. The Bertz CT molecular complexity index is 1310. The molecule has 0 atom stereocenters. The van der Waals surface area contributed by atoms with Crippen molar-refractivity contribution in [2.45, 2.75) is 24.5 Å². The molecular weight excluding hydrogens is 430 g/mol. The third-order valence-electron chi connectivity index (χ3n) is 5.30. The number of oxazole rings is 1. The van der Waals surface area contributed by atoms with Crippen LogP contribution in [0, 0.1) is 6.92 Å². The molecule has 0 bridgehead atoms. The zero-order valence-electron chi connectivity index (χ0n) is 17.3. The van der Waals surface area contributed by atoms with Crippen LogP contribution >= 0.6 is 0 Å². The lowest BCUT2D eigenvalue weighted by molar-refractivity contribution is 0.189. The van der Waals surface area contributed by atoms with Crippen LogP contribution in [-0.4, -0.2) is 45.8 Å². The van der Waals surface area contributed by atoms with E-state index >= 15 is 0 Å². The molecule has 0 spiro atoms. The van der Waals surface area contributed by atoms with E-state index in [4.69, 9.17) is 9.15 Å². The highest BCUT2D eigenvalue weighted by Crippen LogP contribution is 2.29. The van der Waals surface area contributed by atoms with Crippen molar-refractivity contribution < 1.29 is 17.6 Å². The summed E-state index contributed by atoms with van der Waals surface area (Å²) >= 11 is 0. The Hall–Kier alpha value is -3.50. The van der Waals surface area contributed by atoms with Crippen molar-refractivity contribution in [3.63, 3.8) is 0 Å². The van der Waals surface area contributed by atoms with Gasteiger partial charge < -0.3 is 9.15 Å². The summed E-state index contributed by atoms with van der Waals surface area (Å²) in [6, 6.07) is 16.1. The maximum Gasteiger partial charge on any atom is 0.243 e. The summed E-state index contributed by atoms with van der Waals surface area (Å²) in [6.45, 7) is 2.75. The molecule has 32 heavy (non-hydrogen) atoms. The van der Waals surface area contributed by atoms with Crippen LogP contribution in [0.15, 0.2) is 76.4 Å². The number of nitrogens with zero attached hydrogens (tertiary/aromatic N) is 5. The van der Waals surface area contributed by atoms with Crippen LogP contribution in [0.4, 0.5) is 0 Å². The number of sulfonamides is 1. The molecule has 1 aliphatic heterocycles. The minimum Gasteiger partial charge on any atom is -0.487 e. The second-order valence-corrected chi connectivity index (χ2v) is 9.48. The Kier molecular flexibility index (Phi) is 5.24. The average molecular weight is 452 g/mol. The summed E-state index contributed by atoms with van der Waals surface area (Å²) in [6.07, 6.45) is 3.35. The molecule has 9 nitrogen and oxygen atoms in total. The molecule has 0 amide bonds. The Balaban J connectivity index is 1.20. The zero-order chi connectivity index (χ0) is 22.1. The van der Waals surface area contributed by atoms with Crippen molar-refractivity contribution in [3.05, 3.63) is 78.6 Å². The van der Waals surface area contributed by atoms with Gasteiger partial charge in [-0.3, -0.25) is 0 Å². The van der Waals surface area contributed by atoms with Gasteiger partial charge in [-0.05, 0) is 24.3 Å². The molecule has 2 aromatic heterocycles. The van der Waals surface area contributed by atoms with E-state index in [9.17, 15) is 8.42 Å². The Morgan fingerprint density at radius 2 is 1.84 bits per heavy atom. The first-order valence-electron chi connectivity index (χ1n) is 10.1. The Morgan fingerprint density at radius 3 is 2.53 bits per heavy atom. The van der Waals surface area contributed by atoms with Crippen LogP contribution in [0.5, 0.6) is 5.75 Å². The first kappa shape index (κ1) is 20.4. The molecule has 1 aliphatic rings. The molecule has 2 aromatic carbocycles. The van der Waals surface area contributed by atoms with Gasteiger partial charge in [0.1, 0.15) is 30.0 Å². The molecule has 0 saturated carbocycles. The normalized spacial score (nSPS) is 14.9. The van der Waals surface area contributed by atoms with Gasteiger partial charge >= 0.3 is 0 Å². The van der Waals surface area contributed by atoms with Crippen molar-refractivity contribution in [1.29, 1.82) is 0 Å². The van der Waals surface area contributed by atoms with E-state index in [0.717, 1.165) is 11.3 Å². The Morgan fingerprint density at radius 1 is 1.09 bits per heavy atom. The maximum absolute atomic E-state index is 12.9. The summed E-state index contributed by atoms with van der Waals surface area (Å²) < 4.78 is 39.9. The van der Waals surface area contributed by atoms with Crippen molar-refractivity contribution >= 4 is 10.0 Å². The van der Waals surface area contributed by atoms with Crippen molar-refractivity contribution in [3.8, 4) is 17.0 Å². The molecule has 1 fully saturated rings. The minimum absolute atomic E-state index is 0.0554. The number of para-hydroxylation sites is 1. The predicted molar refractivity (Wildman–Crippen MR) is 115 cm³/mol. The fraction of sp³-hybridized carbons (Fsp3) is 0.227. The van der Waals surface area contributed by atoms with E-state index in [2.05, 4.69) is 15.3 Å². The summed E-state index contributed by atoms with van der Waals surface area (Å²) in [5, 5.41) is 8.26. The quantitative estimate of drug-likeness (QED) is 0.425. The van der Waals surface area contributed by atoms with E-state index in [1.807, 2.05) is 30.3 Å². The van der Waals surface area contributed by atoms with Crippen molar-refractivity contribution in [2.75, 3.05) is 13.1 Å². The highest BCUT2D eigenvalue weighted by molar-refractivity contribution is 7.89. The zero-order valence-corrected chi connectivity index (χ0v) is 18.1.